The molecule has 0 bridgehead atoms. The summed E-state index contributed by atoms with van der Waals surface area (Å²) in [5.41, 5.74) is 1.53. The standard InChI is InChI=1S/C17H20FN5OS/c1-24-7-6-23-12-20-9-13(23)8-19-10-14-11-21-17(25-14)22-16-5-3-2-4-15(16)18/h2-5,9,11-12,19H,6-8,10H2,1H3,(H,21,22). The van der Waals surface area contributed by atoms with Crippen LogP contribution in [0.4, 0.5) is 15.2 Å². The fraction of sp³-hybridized carbons (Fsp3) is 0.294. The first-order chi connectivity index (χ1) is 12.3. The maximum Gasteiger partial charge on any atom is 0.187 e. The van der Waals surface area contributed by atoms with E-state index in [-0.39, 0.29) is 5.82 Å². The fourth-order valence-corrected chi connectivity index (χ4v) is 3.12. The molecule has 0 atom stereocenters. The lowest BCUT2D eigenvalue weighted by atomic mass is 10.3. The van der Waals surface area contributed by atoms with E-state index in [0.29, 0.717) is 30.5 Å². The molecule has 3 rings (SSSR count). The first-order valence-electron chi connectivity index (χ1n) is 7.91. The molecule has 132 valence electrons. The van der Waals surface area contributed by atoms with E-state index in [4.69, 9.17) is 4.74 Å². The van der Waals surface area contributed by atoms with Crippen molar-refractivity contribution in [2.45, 2.75) is 19.6 Å². The molecule has 2 heterocycles. The number of hydrogen-bond acceptors (Lipinski definition) is 6. The minimum atomic E-state index is -0.290. The molecule has 0 aliphatic rings. The molecule has 1 aromatic carbocycles. The second-order valence-electron chi connectivity index (χ2n) is 5.41. The topological polar surface area (TPSA) is 64.0 Å². The zero-order chi connectivity index (χ0) is 17.5. The Balaban J connectivity index is 1.51. The summed E-state index contributed by atoms with van der Waals surface area (Å²) in [5, 5.41) is 7.06. The van der Waals surface area contributed by atoms with Crippen molar-refractivity contribution < 1.29 is 9.13 Å². The third kappa shape index (κ3) is 4.85. The summed E-state index contributed by atoms with van der Waals surface area (Å²) in [4.78, 5) is 9.54. The number of anilines is 2. The van der Waals surface area contributed by atoms with Crippen LogP contribution in [0.25, 0.3) is 0 Å². The van der Waals surface area contributed by atoms with Crippen LogP contribution in [0.1, 0.15) is 10.6 Å². The van der Waals surface area contributed by atoms with Gasteiger partial charge in [-0.3, -0.25) is 0 Å². The van der Waals surface area contributed by atoms with Gasteiger partial charge in [0.2, 0.25) is 0 Å². The van der Waals surface area contributed by atoms with Crippen LogP contribution in [0.15, 0.2) is 43.0 Å². The zero-order valence-corrected chi connectivity index (χ0v) is 14.7. The minimum Gasteiger partial charge on any atom is -0.383 e. The number of hydrogen-bond donors (Lipinski definition) is 2. The molecule has 0 saturated heterocycles. The molecule has 3 aromatic rings. The monoisotopic (exact) mass is 361 g/mol. The first kappa shape index (κ1) is 17.5. The molecule has 0 spiro atoms. The highest BCUT2D eigenvalue weighted by Gasteiger charge is 2.06. The van der Waals surface area contributed by atoms with E-state index in [1.165, 1.54) is 17.4 Å². The highest BCUT2D eigenvalue weighted by molar-refractivity contribution is 7.15. The second-order valence-corrected chi connectivity index (χ2v) is 6.53. The average Bonchev–Trinajstić information content (AvgIpc) is 3.25. The van der Waals surface area contributed by atoms with Crippen LogP contribution >= 0.6 is 11.3 Å². The van der Waals surface area contributed by atoms with E-state index in [0.717, 1.165) is 17.1 Å². The van der Waals surface area contributed by atoms with Crippen molar-refractivity contribution in [2.24, 2.45) is 0 Å². The van der Waals surface area contributed by atoms with Gasteiger partial charge < -0.3 is 19.9 Å². The smallest absolute Gasteiger partial charge is 0.187 e. The van der Waals surface area contributed by atoms with Gasteiger partial charge >= 0.3 is 0 Å². The van der Waals surface area contributed by atoms with Gasteiger partial charge in [0.1, 0.15) is 5.82 Å². The summed E-state index contributed by atoms with van der Waals surface area (Å²) >= 11 is 1.50. The summed E-state index contributed by atoms with van der Waals surface area (Å²) < 4.78 is 20.8. The van der Waals surface area contributed by atoms with Gasteiger partial charge in [-0.15, -0.1) is 11.3 Å². The number of nitrogens with zero attached hydrogens (tertiary/aromatic N) is 3. The SMILES string of the molecule is COCCn1cncc1CNCc1cnc(Nc2ccccc2F)s1. The molecule has 8 heteroatoms. The number of rotatable bonds is 9. The van der Waals surface area contributed by atoms with E-state index in [1.807, 2.05) is 6.20 Å². The van der Waals surface area contributed by atoms with Crippen LogP contribution in [-0.2, 0) is 24.4 Å². The van der Waals surface area contributed by atoms with E-state index in [2.05, 4.69) is 25.2 Å². The quantitative estimate of drug-likeness (QED) is 0.613. The number of para-hydroxylation sites is 1. The van der Waals surface area contributed by atoms with Crippen molar-refractivity contribution in [3.63, 3.8) is 0 Å². The molecule has 0 aliphatic heterocycles. The van der Waals surface area contributed by atoms with E-state index in [9.17, 15) is 4.39 Å². The van der Waals surface area contributed by atoms with Gasteiger partial charge in [-0.05, 0) is 12.1 Å². The van der Waals surface area contributed by atoms with E-state index < -0.39 is 0 Å². The highest BCUT2D eigenvalue weighted by Crippen LogP contribution is 2.24. The predicted molar refractivity (Wildman–Crippen MR) is 96.4 cm³/mol. The molecule has 2 aromatic heterocycles. The summed E-state index contributed by atoms with van der Waals surface area (Å²) in [6.07, 6.45) is 5.45. The Bertz CT molecular complexity index is 804. The van der Waals surface area contributed by atoms with Crippen LogP contribution in [0.2, 0.25) is 0 Å². The fourth-order valence-electron chi connectivity index (χ4n) is 2.32. The van der Waals surface area contributed by atoms with Crippen LogP contribution in [-0.4, -0.2) is 28.3 Å². The maximum atomic E-state index is 13.7. The number of ether oxygens (including phenoxy) is 1. The van der Waals surface area contributed by atoms with Gasteiger partial charge in [-0.25, -0.2) is 14.4 Å². The van der Waals surface area contributed by atoms with Gasteiger partial charge in [0.15, 0.2) is 5.13 Å². The van der Waals surface area contributed by atoms with Crippen LogP contribution < -0.4 is 10.6 Å². The Morgan fingerprint density at radius 2 is 2.12 bits per heavy atom. The van der Waals surface area contributed by atoms with Crippen molar-refractivity contribution >= 4 is 22.2 Å². The Morgan fingerprint density at radius 1 is 1.24 bits per heavy atom. The minimum absolute atomic E-state index is 0.290. The number of nitrogens with one attached hydrogen (secondary N) is 2. The number of halogens is 1. The third-order valence-corrected chi connectivity index (χ3v) is 4.52. The summed E-state index contributed by atoms with van der Waals surface area (Å²) in [7, 11) is 1.69. The Hall–Kier alpha value is -2.29. The van der Waals surface area contributed by atoms with E-state index in [1.54, 1.807) is 37.8 Å². The number of benzene rings is 1. The molecule has 0 unspecified atom stereocenters. The summed E-state index contributed by atoms with van der Waals surface area (Å²) in [6, 6.07) is 6.56. The molecule has 0 fully saturated rings. The van der Waals surface area contributed by atoms with Gasteiger partial charge in [0.05, 0.1) is 24.3 Å². The molecule has 0 aliphatic carbocycles. The Kier molecular flexibility index (Phi) is 6.10. The lowest BCUT2D eigenvalue weighted by Gasteiger charge is -2.08. The van der Waals surface area contributed by atoms with E-state index >= 15 is 0 Å². The van der Waals surface area contributed by atoms with Gasteiger partial charge in [-0.2, -0.15) is 0 Å². The first-order valence-corrected chi connectivity index (χ1v) is 8.73. The van der Waals surface area contributed by atoms with Gasteiger partial charge in [-0.1, -0.05) is 12.1 Å². The molecule has 0 amide bonds. The lowest BCUT2D eigenvalue weighted by molar-refractivity contribution is 0.186. The molecule has 2 N–H and O–H groups in total. The average molecular weight is 361 g/mol. The molecule has 0 saturated carbocycles. The number of imidazole rings is 1. The maximum absolute atomic E-state index is 13.7. The highest BCUT2D eigenvalue weighted by atomic mass is 32.1. The Labute approximate surface area is 149 Å². The molecule has 0 radical (unpaired) electrons. The largest absolute Gasteiger partial charge is 0.383 e. The number of methoxy groups -OCH3 is 1. The van der Waals surface area contributed by atoms with Crippen molar-refractivity contribution in [3.8, 4) is 0 Å². The second kappa shape index (κ2) is 8.70. The van der Waals surface area contributed by atoms with Crippen LogP contribution in [0, 0.1) is 5.82 Å². The van der Waals surface area contributed by atoms with Crippen molar-refractivity contribution in [1.82, 2.24) is 19.9 Å². The lowest BCUT2D eigenvalue weighted by Crippen LogP contribution is -2.16. The summed E-state index contributed by atoms with van der Waals surface area (Å²) in [5.74, 6) is -0.290. The predicted octanol–water partition coefficient (Wildman–Crippen LogP) is 3.16. The van der Waals surface area contributed by atoms with Crippen molar-refractivity contribution in [2.75, 3.05) is 19.0 Å². The molecule has 25 heavy (non-hydrogen) atoms. The molecule has 6 nitrogen and oxygen atoms in total. The molecular formula is C17H20FN5OS. The van der Waals surface area contributed by atoms with Crippen LogP contribution in [0.5, 0.6) is 0 Å². The summed E-state index contributed by atoms with van der Waals surface area (Å²) in [6.45, 7) is 2.83. The number of aromatic nitrogens is 3. The van der Waals surface area contributed by atoms with Crippen molar-refractivity contribution in [1.29, 1.82) is 0 Å². The van der Waals surface area contributed by atoms with Gasteiger partial charge in [0, 0.05) is 44.0 Å². The zero-order valence-electron chi connectivity index (χ0n) is 13.9. The Morgan fingerprint density at radius 3 is 2.96 bits per heavy atom. The number of thiazole rings is 1. The normalized spacial score (nSPS) is 11.0. The molecular weight excluding hydrogens is 341 g/mol. The van der Waals surface area contributed by atoms with Gasteiger partial charge in [0.25, 0.3) is 0 Å². The third-order valence-electron chi connectivity index (χ3n) is 3.61. The van der Waals surface area contributed by atoms with Crippen LogP contribution in [0.3, 0.4) is 0 Å². The van der Waals surface area contributed by atoms with Crippen molar-refractivity contribution in [3.05, 3.63) is 59.4 Å².